The Morgan fingerprint density at radius 3 is 2.47 bits per heavy atom. The molecule has 0 aliphatic rings. The third-order valence-corrected chi connectivity index (χ3v) is 5.44. The zero-order valence-electron chi connectivity index (χ0n) is 17.6. The van der Waals surface area contributed by atoms with Gasteiger partial charge in [0.15, 0.2) is 6.19 Å². The molecule has 6 heteroatoms. The molecular formula is C26H22N4O2. The van der Waals surface area contributed by atoms with E-state index in [1.54, 1.807) is 12.1 Å². The number of H-pyrrole nitrogens is 1. The van der Waals surface area contributed by atoms with E-state index in [4.69, 9.17) is 0 Å². The number of aromatic nitrogens is 1. The largest absolute Gasteiger partial charge is 0.361 e. The topological polar surface area (TPSA) is 89.0 Å². The average Bonchev–Trinajstić information content (AvgIpc) is 3.26. The maximum atomic E-state index is 13.3. The van der Waals surface area contributed by atoms with E-state index in [9.17, 15) is 14.9 Å². The van der Waals surface area contributed by atoms with Gasteiger partial charge in [-0.2, -0.15) is 5.26 Å². The van der Waals surface area contributed by atoms with Crippen molar-refractivity contribution in [3.8, 4) is 17.3 Å². The molecule has 1 heterocycles. The predicted octanol–water partition coefficient (Wildman–Crippen LogP) is 4.12. The maximum Gasteiger partial charge on any atom is 0.258 e. The summed E-state index contributed by atoms with van der Waals surface area (Å²) in [5, 5.41) is 13.1. The van der Waals surface area contributed by atoms with Crippen LogP contribution in [0.2, 0.25) is 0 Å². The minimum absolute atomic E-state index is 0.258. The Balaban J connectivity index is 1.66. The Morgan fingerprint density at radius 2 is 1.69 bits per heavy atom. The van der Waals surface area contributed by atoms with Gasteiger partial charge in [-0.1, -0.05) is 66.7 Å². The quantitative estimate of drug-likeness (QED) is 0.362. The molecule has 0 saturated heterocycles. The van der Waals surface area contributed by atoms with Crippen LogP contribution in [0.15, 0.2) is 85.1 Å². The fourth-order valence-corrected chi connectivity index (χ4v) is 3.79. The van der Waals surface area contributed by atoms with Crippen molar-refractivity contribution in [3.05, 3.63) is 96.2 Å². The molecule has 0 bridgehead atoms. The van der Waals surface area contributed by atoms with E-state index in [-0.39, 0.29) is 12.3 Å². The molecule has 1 unspecified atom stereocenters. The summed E-state index contributed by atoms with van der Waals surface area (Å²) in [6.07, 6.45) is 3.93. The molecule has 0 fully saturated rings. The Labute approximate surface area is 186 Å². The zero-order chi connectivity index (χ0) is 22.5. The molecule has 0 aliphatic heterocycles. The zero-order valence-corrected chi connectivity index (χ0v) is 17.6. The Bertz CT molecular complexity index is 1300. The molecule has 0 radical (unpaired) electrons. The lowest BCUT2D eigenvalue weighted by Gasteiger charge is -2.21. The van der Waals surface area contributed by atoms with Crippen molar-refractivity contribution in [2.75, 3.05) is 7.05 Å². The summed E-state index contributed by atoms with van der Waals surface area (Å²) in [5.41, 5.74) is 3.99. The maximum absolute atomic E-state index is 13.3. The van der Waals surface area contributed by atoms with Crippen LogP contribution in [0.4, 0.5) is 0 Å². The first kappa shape index (κ1) is 20.9. The Kier molecular flexibility index (Phi) is 6.00. The third-order valence-electron chi connectivity index (χ3n) is 5.44. The highest BCUT2D eigenvalue weighted by Crippen LogP contribution is 2.24. The first-order valence-corrected chi connectivity index (χ1v) is 10.3. The second-order valence-corrected chi connectivity index (χ2v) is 7.50. The normalized spacial score (nSPS) is 11.5. The second kappa shape index (κ2) is 9.19. The number of likely N-dealkylation sites (N-methyl/N-ethyl adjacent to an activating group) is 1. The molecule has 32 heavy (non-hydrogen) atoms. The lowest BCUT2D eigenvalue weighted by Crippen LogP contribution is -2.47. The fourth-order valence-electron chi connectivity index (χ4n) is 3.79. The summed E-state index contributed by atoms with van der Waals surface area (Å²) >= 11 is 0. The van der Waals surface area contributed by atoms with Crippen molar-refractivity contribution in [1.82, 2.24) is 15.2 Å². The van der Waals surface area contributed by atoms with E-state index in [1.807, 2.05) is 79.1 Å². The highest BCUT2D eigenvalue weighted by molar-refractivity contribution is 6.03. The van der Waals surface area contributed by atoms with Crippen molar-refractivity contribution in [2.45, 2.75) is 12.5 Å². The molecule has 0 aliphatic carbocycles. The number of carbonyl (C=O) groups excluding carboxylic acids is 2. The number of nitrogens with zero attached hydrogens (tertiary/aromatic N) is 2. The van der Waals surface area contributed by atoms with E-state index in [0.717, 1.165) is 32.5 Å². The molecule has 3 aromatic carbocycles. The van der Waals surface area contributed by atoms with Crippen LogP contribution in [-0.4, -0.2) is 34.8 Å². The van der Waals surface area contributed by atoms with E-state index in [1.165, 1.54) is 7.05 Å². The molecule has 2 amide bonds. The van der Waals surface area contributed by atoms with Gasteiger partial charge < -0.3 is 10.3 Å². The van der Waals surface area contributed by atoms with Crippen molar-refractivity contribution in [1.29, 1.82) is 5.26 Å². The van der Waals surface area contributed by atoms with Crippen molar-refractivity contribution in [3.63, 3.8) is 0 Å². The lowest BCUT2D eigenvalue weighted by molar-refractivity contribution is -0.129. The molecule has 4 aromatic rings. The molecule has 0 saturated carbocycles. The number of amides is 2. The summed E-state index contributed by atoms with van der Waals surface area (Å²) in [7, 11) is 1.40. The van der Waals surface area contributed by atoms with Gasteiger partial charge in [0.2, 0.25) is 0 Å². The minimum atomic E-state index is -0.893. The number of hydrogen-bond donors (Lipinski definition) is 2. The molecule has 2 N–H and O–H groups in total. The monoisotopic (exact) mass is 422 g/mol. The summed E-state index contributed by atoms with van der Waals surface area (Å²) in [5.74, 6) is -0.836. The first-order chi connectivity index (χ1) is 15.6. The van der Waals surface area contributed by atoms with Gasteiger partial charge in [-0.3, -0.25) is 14.5 Å². The van der Waals surface area contributed by atoms with Gasteiger partial charge >= 0.3 is 0 Å². The number of aromatic amines is 1. The van der Waals surface area contributed by atoms with E-state index >= 15 is 0 Å². The molecule has 1 atom stereocenters. The molecule has 1 aromatic heterocycles. The van der Waals surface area contributed by atoms with Gasteiger partial charge in [-0.05, 0) is 28.8 Å². The highest BCUT2D eigenvalue weighted by atomic mass is 16.2. The van der Waals surface area contributed by atoms with E-state index in [2.05, 4.69) is 10.3 Å². The number of benzene rings is 3. The van der Waals surface area contributed by atoms with Crippen molar-refractivity contribution >= 4 is 22.7 Å². The first-order valence-electron chi connectivity index (χ1n) is 10.3. The van der Waals surface area contributed by atoms with E-state index in [0.29, 0.717) is 5.56 Å². The molecule has 4 rings (SSSR count). The van der Waals surface area contributed by atoms with Crippen LogP contribution in [-0.2, 0) is 11.2 Å². The van der Waals surface area contributed by atoms with Crippen molar-refractivity contribution < 1.29 is 9.59 Å². The summed E-state index contributed by atoms with van der Waals surface area (Å²) in [6.45, 7) is 0. The highest BCUT2D eigenvalue weighted by Gasteiger charge is 2.27. The van der Waals surface area contributed by atoms with Crippen LogP contribution in [0.5, 0.6) is 0 Å². The number of hydrogen-bond acceptors (Lipinski definition) is 3. The van der Waals surface area contributed by atoms with E-state index < -0.39 is 11.9 Å². The number of fused-ring (bicyclic) bond motifs is 1. The van der Waals surface area contributed by atoms with Gasteiger partial charge in [-0.15, -0.1) is 0 Å². The smallest absolute Gasteiger partial charge is 0.258 e. The summed E-state index contributed by atoms with van der Waals surface area (Å²) in [4.78, 5) is 30.4. The number of para-hydroxylation sites is 1. The van der Waals surface area contributed by atoms with Crippen LogP contribution in [0.25, 0.3) is 22.0 Å². The molecule has 0 spiro atoms. The average molecular weight is 422 g/mol. The standard InChI is InChI=1S/C26H22N4O2/c1-30(17-27)26(32)24(15-19-16-28-23-14-8-7-12-21(19)23)29-25(31)22-13-6-5-11-20(22)18-9-3-2-4-10-18/h2-14,16,24,28H,15H2,1H3,(H,29,31). The van der Waals surface area contributed by atoms with Gasteiger partial charge in [0.05, 0.1) is 0 Å². The molecular weight excluding hydrogens is 400 g/mol. The van der Waals surface area contributed by atoms with Crippen LogP contribution < -0.4 is 5.32 Å². The number of nitriles is 1. The Hall–Kier alpha value is -4.37. The lowest BCUT2D eigenvalue weighted by atomic mass is 9.98. The van der Waals surface area contributed by atoms with Crippen LogP contribution in [0, 0.1) is 11.5 Å². The Morgan fingerprint density at radius 1 is 1.00 bits per heavy atom. The number of carbonyl (C=O) groups is 2. The number of rotatable bonds is 6. The van der Waals surface area contributed by atoms with Gasteiger partial charge in [0.1, 0.15) is 6.04 Å². The summed E-state index contributed by atoms with van der Waals surface area (Å²) in [6, 6.07) is 23.8. The molecule has 6 nitrogen and oxygen atoms in total. The van der Waals surface area contributed by atoms with Gasteiger partial charge in [-0.25, -0.2) is 0 Å². The third kappa shape index (κ3) is 4.23. The van der Waals surface area contributed by atoms with Crippen LogP contribution >= 0.6 is 0 Å². The second-order valence-electron chi connectivity index (χ2n) is 7.50. The SMILES string of the molecule is CN(C#N)C(=O)C(Cc1c[nH]c2ccccc12)NC(=O)c1ccccc1-c1ccccc1. The minimum Gasteiger partial charge on any atom is -0.361 e. The van der Waals surface area contributed by atoms with Crippen LogP contribution in [0.1, 0.15) is 15.9 Å². The fraction of sp³-hybridized carbons (Fsp3) is 0.115. The van der Waals surface area contributed by atoms with Gasteiger partial charge in [0.25, 0.3) is 11.8 Å². The predicted molar refractivity (Wildman–Crippen MR) is 124 cm³/mol. The molecule has 158 valence electrons. The van der Waals surface area contributed by atoms with Crippen LogP contribution in [0.3, 0.4) is 0 Å². The van der Waals surface area contributed by atoms with Crippen molar-refractivity contribution in [2.24, 2.45) is 0 Å². The number of nitrogens with one attached hydrogen (secondary N) is 2. The van der Waals surface area contributed by atoms with Gasteiger partial charge in [0, 0.05) is 36.1 Å². The summed E-state index contributed by atoms with van der Waals surface area (Å²) < 4.78 is 0.